The molecule has 3 heteroatoms. The number of aliphatic hydroxyl groups is 1. The van der Waals surface area contributed by atoms with Crippen LogP contribution in [0, 0.1) is 0 Å². The fourth-order valence-electron chi connectivity index (χ4n) is 2.77. The minimum absolute atomic E-state index is 0.0853. The molecule has 0 radical (unpaired) electrons. The Kier molecular flexibility index (Phi) is 3.42. The van der Waals surface area contributed by atoms with E-state index in [4.69, 9.17) is 4.74 Å². The third-order valence-corrected chi connectivity index (χ3v) is 3.64. The van der Waals surface area contributed by atoms with Crippen LogP contribution in [-0.4, -0.2) is 48.5 Å². The molecule has 0 aromatic rings. The van der Waals surface area contributed by atoms with Crippen molar-refractivity contribution in [3.63, 3.8) is 0 Å². The van der Waals surface area contributed by atoms with Crippen LogP contribution in [0.25, 0.3) is 0 Å². The Balaban J connectivity index is 1.84. The van der Waals surface area contributed by atoms with Gasteiger partial charge >= 0.3 is 0 Å². The molecule has 0 bridgehead atoms. The highest BCUT2D eigenvalue weighted by molar-refractivity contribution is 4.85. The fourth-order valence-corrected chi connectivity index (χ4v) is 2.77. The molecule has 3 nitrogen and oxygen atoms in total. The van der Waals surface area contributed by atoms with Gasteiger partial charge in [0.15, 0.2) is 0 Å². The maximum Gasteiger partial charge on any atom is 0.0679 e. The number of methoxy groups -OCH3 is 1. The van der Waals surface area contributed by atoms with Gasteiger partial charge in [-0.15, -0.1) is 0 Å². The van der Waals surface area contributed by atoms with Gasteiger partial charge < -0.3 is 9.84 Å². The van der Waals surface area contributed by atoms with E-state index in [0.717, 1.165) is 25.9 Å². The average molecular weight is 199 g/mol. The van der Waals surface area contributed by atoms with Gasteiger partial charge in [0.05, 0.1) is 12.2 Å². The summed E-state index contributed by atoms with van der Waals surface area (Å²) in [5, 5.41) is 9.48. The summed E-state index contributed by atoms with van der Waals surface area (Å²) < 4.78 is 5.42. The number of rotatable bonds is 2. The summed E-state index contributed by atoms with van der Waals surface area (Å²) in [6, 6.07) is 0.658. The van der Waals surface area contributed by atoms with Crippen molar-refractivity contribution in [2.75, 3.05) is 20.2 Å². The summed E-state index contributed by atoms with van der Waals surface area (Å²) in [5.74, 6) is 0. The lowest BCUT2D eigenvalue weighted by Crippen LogP contribution is -2.39. The first-order chi connectivity index (χ1) is 6.79. The first kappa shape index (κ1) is 10.4. The Morgan fingerprint density at radius 2 is 2.14 bits per heavy atom. The van der Waals surface area contributed by atoms with E-state index in [1.165, 1.54) is 19.3 Å². The van der Waals surface area contributed by atoms with Crippen LogP contribution in [0.3, 0.4) is 0 Å². The van der Waals surface area contributed by atoms with Crippen LogP contribution in [0.5, 0.6) is 0 Å². The van der Waals surface area contributed by atoms with E-state index in [1.807, 2.05) is 7.11 Å². The van der Waals surface area contributed by atoms with Gasteiger partial charge in [-0.25, -0.2) is 0 Å². The number of aliphatic hydroxyl groups excluding tert-OH is 1. The van der Waals surface area contributed by atoms with Crippen LogP contribution < -0.4 is 0 Å². The van der Waals surface area contributed by atoms with Gasteiger partial charge in [-0.3, -0.25) is 4.90 Å². The molecule has 0 amide bonds. The molecular weight excluding hydrogens is 178 g/mol. The van der Waals surface area contributed by atoms with Gasteiger partial charge in [-0.2, -0.15) is 0 Å². The second-order valence-corrected chi connectivity index (χ2v) is 4.62. The van der Waals surface area contributed by atoms with Crippen LogP contribution in [0.1, 0.15) is 32.1 Å². The summed E-state index contributed by atoms with van der Waals surface area (Å²) >= 11 is 0. The molecule has 1 N–H and O–H groups in total. The Labute approximate surface area is 86.0 Å². The maximum absolute atomic E-state index is 9.48. The number of hydrogen-bond donors (Lipinski definition) is 1. The second-order valence-electron chi connectivity index (χ2n) is 4.62. The van der Waals surface area contributed by atoms with Gasteiger partial charge in [-0.1, -0.05) is 0 Å². The normalized spacial score (nSPS) is 40.3. The fraction of sp³-hybridized carbons (Fsp3) is 1.00. The van der Waals surface area contributed by atoms with E-state index in [1.54, 1.807) is 0 Å². The molecule has 2 aliphatic rings. The highest BCUT2D eigenvalue weighted by atomic mass is 16.5. The van der Waals surface area contributed by atoms with Gasteiger partial charge in [0.2, 0.25) is 0 Å². The van der Waals surface area contributed by atoms with Crippen molar-refractivity contribution in [2.45, 2.75) is 50.4 Å². The van der Waals surface area contributed by atoms with Crippen molar-refractivity contribution in [1.82, 2.24) is 4.90 Å². The molecule has 1 aliphatic carbocycles. The minimum Gasteiger partial charge on any atom is -0.392 e. The van der Waals surface area contributed by atoms with Crippen LogP contribution in [0.4, 0.5) is 0 Å². The molecule has 1 saturated heterocycles. The van der Waals surface area contributed by atoms with Gasteiger partial charge in [0.1, 0.15) is 0 Å². The molecule has 1 saturated carbocycles. The van der Waals surface area contributed by atoms with E-state index in [2.05, 4.69) is 4.90 Å². The Hall–Kier alpha value is -0.120. The Morgan fingerprint density at radius 3 is 2.79 bits per heavy atom. The lowest BCUT2D eigenvalue weighted by atomic mass is 9.92. The summed E-state index contributed by atoms with van der Waals surface area (Å²) in [6.45, 7) is 1.95. The topological polar surface area (TPSA) is 32.7 Å². The summed E-state index contributed by atoms with van der Waals surface area (Å²) in [4.78, 5) is 2.44. The molecule has 1 heterocycles. The van der Waals surface area contributed by atoms with E-state index < -0.39 is 0 Å². The molecule has 0 aromatic heterocycles. The summed E-state index contributed by atoms with van der Waals surface area (Å²) in [7, 11) is 1.81. The summed E-state index contributed by atoms with van der Waals surface area (Å²) in [6.07, 6.45) is 6.24. The van der Waals surface area contributed by atoms with Gasteiger partial charge in [0, 0.05) is 26.2 Å². The molecule has 1 aliphatic heterocycles. The lowest BCUT2D eigenvalue weighted by molar-refractivity contribution is 0.0307. The molecule has 3 atom stereocenters. The zero-order valence-corrected chi connectivity index (χ0v) is 8.98. The highest BCUT2D eigenvalue weighted by Gasteiger charge is 2.30. The number of ether oxygens (including phenoxy) is 1. The molecule has 14 heavy (non-hydrogen) atoms. The van der Waals surface area contributed by atoms with E-state index in [0.29, 0.717) is 12.1 Å². The van der Waals surface area contributed by atoms with Gasteiger partial charge in [0.25, 0.3) is 0 Å². The van der Waals surface area contributed by atoms with Crippen molar-refractivity contribution in [2.24, 2.45) is 0 Å². The van der Waals surface area contributed by atoms with Crippen LogP contribution in [-0.2, 0) is 4.74 Å². The summed E-state index contributed by atoms with van der Waals surface area (Å²) in [5.41, 5.74) is 0. The monoisotopic (exact) mass is 199 g/mol. The average Bonchev–Trinajstić information content (AvgIpc) is 2.65. The molecule has 0 aromatic carbocycles. The first-order valence-electron chi connectivity index (χ1n) is 5.74. The molecule has 2 rings (SSSR count). The van der Waals surface area contributed by atoms with Crippen molar-refractivity contribution in [3.05, 3.63) is 0 Å². The third kappa shape index (κ3) is 2.27. The Bertz CT molecular complexity index is 186. The maximum atomic E-state index is 9.48. The molecule has 2 fully saturated rings. The first-order valence-corrected chi connectivity index (χ1v) is 5.74. The quantitative estimate of drug-likeness (QED) is 0.720. The zero-order chi connectivity index (χ0) is 9.97. The molecule has 82 valence electrons. The van der Waals surface area contributed by atoms with Crippen molar-refractivity contribution >= 4 is 0 Å². The molecule has 0 spiro atoms. The standard InChI is InChI=1S/C11H21NO2/c1-14-11-4-2-3-9(7-11)12-6-5-10(13)8-12/h9-11,13H,2-8H2,1H3. The number of hydrogen-bond acceptors (Lipinski definition) is 3. The van der Waals surface area contributed by atoms with E-state index in [9.17, 15) is 5.11 Å². The lowest BCUT2D eigenvalue weighted by Gasteiger charge is -2.34. The predicted molar refractivity (Wildman–Crippen MR) is 55.2 cm³/mol. The van der Waals surface area contributed by atoms with Crippen molar-refractivity contribution < 1.29 is 9.84 Å². The van der Waals surface area contributed by atoms with Crippen LogP contribution in [0.2, 0.25) is 0 Å². The SMILES string of the molecule is COC1CCCC(N2CCC(O)C2)C1. The molecular formula is C11H21NO2. The highest BCUT2D eigenvalue weighted by Crippen LogP contribution is 2.27. The van der Waals surface area contributed by atoms with Crippen LogP contribution >= 0.6 is 0 Å². The van der Waals surface area contributed by atoms with Gasteiger partial charge in [-0.05, 0) is 32.1 Å². The Morgan fingerprint density at radius 1 is 1.29 bits per heavy atom. The smallest absolute Gasteiger partial charge is 0.0679 e. The third-order valence-electron chi connectivity index (χ3n) is 3.64. The molecule has 3 unspecified atom stereocenters. The van der Waals surface area contributed by atoms with Crippen molar-refractivity contribution in [3.8, 4) is 0 Å². The van der Waals surface area contributed by atoms with Crippen molar-refractivity contribution in [1.29, 1.82) is 0 Å². The number of β-amino-alcohol motifs (C(OH)–C–C–N with tert-alkyl or cyclic N) is 1. The predicted octanol–water partition coefficient (Wildman–Crippen LogP) is 1.01. The second kappa shape index (κ2) is 4.60. The van der Waals surface area contributed by atoms with Crippen LogP contribution in [0.15, 0.2) is 0 Å². The largest absolute Gasteiger partial charge is 0.392 e. The minimum atomic E-state index is -0.0853. The number of likely N-dealkylation sites (tertiary alicyclic amines) is 1. The van der Waals surface area contributed by atoms with E-state index >= 15 is 0 Å². The zero-order valence-electron chi connectivity index (χ0n) is 8.98. The van der Waals surface area contributed by atoms with E-state index in [-0.39, 0.29) is 6.10 Å². The number of nitrogens with zero attached hydrogens (tertiary/aromatic N) is 1.